The van der Waals surface area contributed by atoms with Crippen LogP contribution in [0.5, 0.6) is 0 Å². The molecule has 0 bridgehead atoms. The van der Waals surface area contributed by atoms with Gasteiger partial charge in [-0.2, -0.15) is 0 Å². The molecule has 1 aromatic carbocycles. The van der Waals surface area contributed by atoms with Gasteiger partial charge < -0.3 is 9.80 Å². The van der Waals surface area contributed by atoms with Gasteiger partial charge in [0.15, 0.2) is 0 Å². The highest BCUT2D eigenvalue weighted by Crippen LogP contribution is 2.53. The summed E-state index contributed by atoms with van der Waals surface area (Å²) >= 11 is 0. The van der Waals surface area contributed by atoms with Crippen molar-refractivity contribution in [3.05, 3.63) is 23.8 Å². The molecule has 1 aliphatic carbocycles. The molecule has 0 radical (unpaired) electrons. The summed E-state index contributed by atoms with van der Waals surface area (Å²) in [5.74, 6) is 1.70. The van der Waals surface area contributed by atoms with Gasteiger partial charge in [0.1, 0.15) is 0 Å². The summed E-state index contributed by atoms with van der Waals surface area (Å²) in [6.07, 6.45) is 4.20. The molecule has 2 nitrogen and oxygen atoms in total. The second kappa shape index (κ2) is 3.66. The fourth-order valence-corrected chi connectivity index (χ4v) is 4.36. The van der Waals surface area contributed by atoms with E-state index in [0.717, 1.165) is 17.9 Å². The molecule has 4 rings (SSSR count). The van der Waals surface area contributed by atoms with Crippen molar-refractivity contribution in [2.24, 2.45) is 5.92 Å². The maximum Gasteiger partial charge on any atom is 0.0643 e. The van der Waals surface area contributed by atoms with E-state index < -0.39 is 0 Å². The zero-order chi connectivity index (χ0) is 12.3. The second-order valence-electron chi connectivity index (χ2n) is 6.42. The lowest BCUT2D eigenvalue weighted by molar-refractivity contribution is 0.309. The Morgan fingerprint density at radius 1 is 1.17 bits per heavy atom. The first-order valence-corrected chi connectivity index (χ1v) is 7.36. The third-order valence-electron chi connectivity index (χ3n) is 5.30. The Bertz CT molecular complexity index is 482. The summed E-state index contributed by atoms with van der Waals surface area (Å²) in [6.45, 7) is 4.82. The largest absolute Gasteiger partial charge is 0.371 e. The van der Waals surface area contributed by atoms with E-state index in [2.05, 4.69) is 42.0 Å². The SMILES string of the molecule is CC1CCC2C(C1)c1cccc3c1N2CCN3C. The van der Waals surface area contributed by atoms with Crippen LogP contribution in [0.3, 0.4) is 0 Å². The van der Waals surface area contributed by atoms with Crippen LogP contribution in [0.2, 0.25) is 0 Å². The van der Waals surface area contributed by atoms with Gasteiger partial charge in [0.2, 0.25) is 0 Å². The van der Waals surface area contributed by atoms with E-state index in [1.807, 2.05) is 0 Å². The number of fused-ring (bicyclic) bond motifs is 3. The quantitative estimate of drug-likeness (QED) is 0.689. The van der Waals surface area contributed by atoms with Gasteiger partial charge in [-0.15, -0.1) is 0 Å². The van der Waals surface area contributed by atoms with Crippen LogP contribution in [0.4, 0.5) is 11.4 Å². The molecule has 3 aliphatic rings. The average Bonchev–Trinajstić information content (AvgIpc) is 2.69. The first kappa shape index (κ1) is 10.7. The minimum absolute atomic E-state index is 0.797. The van der Waals surface area contributed by atoms with Crippen molar-refractivity contribution in [2.75, 3.05) is 29.9 Å². The lowest BCUT2D eigenvalue weighted by Gasteiger charge is -2.40. The molecule has 2 aliphatic heterocycles. The predicted octanol–water partition coefficient (Wildman–Crippen LogP) is 3.23. The van der Waals surface area contributed by atoms with E-state index in [4.69, 9.17) is 0 Å². The third-order valence-corrected chi connectivity index (χ3v) is 5.30. The summed E-state index contributed by atoms with van der Waals surface area (Å²) in [6, 6.07) is 7.74. The zero-order valence-corrected chi connectivity index (χ0v) is 11.4. The summed E-state index contributed by atoms with van der Waals surface area (Å²) in [4.78, 5) is 5.15. The topological polar surface area (TPSA) is 6.48 Å². The Kier molecular flexibility index (Phi) is 2.18. The van der Waals surface area contributed by atoms with Crippen LogP contribution in [-0.2, 0) is 0 Å². The van der Waals surface area contributed by atoms with Gasteiger partial charge in [-0.05, 0) is 36.8 Å². The number of anilines is 2. The molecule has 0 amide bonds. The first-order valence-electron chi connectivity index (χ1n) is 7.36. The van der Waals surface area contributed by atoms with Crippen molar-refractivity contribution in [3.63, 3.8) is 0 Å². The van der Waals surface area contributed by atoms with Crippen LogP contribution in [0, 0.1) is 5.92 Å². The molecule has 0 spiro atoms. The molecule has 2 heteroatoms. The number of hydrogen-bond donors (Lipinski definition) is 0. The number of para-hydroxylation sites is 1. The van der Waals surface area contributed by atoms with E-state index in [1.165, 1.54) is 38.0 Å². The zero-order valence-electron chi connectivity index (χ0n) is 11.4. The summed E-state index contributed by atoms with van der Waals surface area (Å²) in [7, 11) is 2.23. The highest BCUT2D eigenvalue weighted by Gasteiger charge is 2.43. The maximum atomic E-state index is 2.72. The number of nitrogens with zero attached hydrogens (tertiary/aromatic N) is 2. The maximum absolute atomic E-state index is 2.72. The molecule has 1 aromatic rings. The van der Waals surface area contributed by atoms with E-state index in [-0.39, 0.29) is 0 Å². The fourth-order valence-electron chi connectivity index (χ4n) is 4.36. The molecular weight excluding hydrogens is 220 g/mol. The van der Waals surface area contributed by atoms with E-state index in [1.54, 1.807) is 11.3 Å². The molecule has 2 heterocycles. The van der Waals surface area contributed by atoms with Gasteiger partial charge in [-0.3, -0.25) is 0 Å². The van der Waals surface area contributed by atoms with E-state index >= 15 is 0 Å². The molecule has 0 saturated heterocycles. The number of likely N-dealkylation sites (N-methyl/N-ethyl adjacent to an activating group) is 1. The van der Waals surface area contributed by atoms with Crippen molar-refractivity contribution >= 4 is 11.4 Å². The van der Waals surface area contributed by atoms with Crippen molar-refractivity contribution in [2.45, 2.75) is 38.1 Å². The minimum atomic E-state index is 0.797. The van der Waals surface area contributed by atoms with Crippen LogP contribution in [0.1, 0.15) is 37.7 Å². The monoisotopic (exact) mass is 242 g/mol. The van der Waals surface area contributed by atoms with Gasteiger partial charge in [0.05, 0.1) is 11.4 Å². The number of rotatable bonds is 0. The smallest absolute Gasteiger partial charge is 0.0643 e. The lowest BCUT2D eigenvalue weighted by Crippen LogP contribution is -2.44. The van der Waals surface area contributed by atoms with Crippen molar-refractivity contribution < 1.29 is 0 Å². The Morgan fingerprint density at radius 2 is 2.06 bits per heavy atom. The highest BCUT2D eigenvalue weighted by atomic mass is 15.3. The fraction of sp³-hybridized carbons (Fsp3) is 0.625. The summed E-state index contributed by atoms with van der Waals surface area (Å²) in [5.41, 5.74) is 4.66. The van der Waals surface area contributed by atoms with Gasteiger partial charge in [0.25, 0.3) is 0 Å². The number of benzene rings is 1. The van der Waals surface area contributed by atoms with Gasteiger partial charge >= 0.3 is 0 Å². The van der Waals surface area contributed by atoms with Crippen molar-refractivity contribution in [1.29, 1.82) is 0 Å². The normalized spacial score (nSPS) is 33.3. The van der Waals surface area contributed by atoms with Crippen LogP contribution < -0.4 is 9.80 Å². The van der Waals surface area contributed by atoms with Crippen LogP contribution in [-0.4, -0.2) is 26.2 Å². The van der Waals surface area contributed by atoms with E-state index in [0.29, 0.717) is 0 Å². The standard InChI is InChI=1S/C16H22N2/c1-11-6-7-14-13(10-11)12-4-3-5-15-16(12)18(14)9-8-17(15)2/h3-5,11,13-14H,6-10H2,1-2H3. The summed E-state index contributed by atoms with van der Waals surface area (Å²) < 4.78 is 0. The highest BCUT2D eigenvalue weighted by molar-refractivity contribution is 5.80. The van der Waals surface area contributed by atoms with Crippen LogP contribution >= 0.6 is 0 Å². The third kappa shape index (κ3) is 1.29. The molecule has 3 atom stereocenters. The van der Waals surface area contributed by atoms with Gasteiger partial charge in [-0.25, -0.2) is 0 Å². The van der Waals surface area contributed by atoms with Crippen LogP contribution in [0.25, 0.3) is 0 Å². The molecule has 1 saturated carbocycles. The Morgan fingerprint density at radius 3 is 2.94 bits per heavy atom. The Labute approximate surface area is 110 Å². The molecule has 0 N–H and O–H groups in total. The molecule has 18 heavy (non-hydrogen) atoms. The molecule has 96 valence electrons. The van der Waals surface area contributed by atoms with Crippen molar-refractivity contribution in [1.82, 2.24) is 0 Å². The van der Waals surface area contributed by atoms with E-state index in [9.17, 15) is 0 Å². The van der Waals surface area contributed by atoms with Gasteiger partial charge in [0, 0.05) is 32.1 Å². The lowest BCUT2D eigenvalue weighted by atomic mass is 9.77. The van der Waals surface area contributed by atoms with Gasteiger partial charge in [-0.1, -0.05) is 19.1 Å². The predicted molar refractivity (Wildman–Crippen MR) is 76.6 cm³/mol. The van der Waals surface area contributed by atoms with Crippen LogP contribution in [0.15, 0.2) is 18.2 Å². The first-order chi connectivity index (χ1) is 8.75. The van der Waals surface area contributed by atoms with Crippen molar-refractivity contribution in [3.8, 4) is 0 Å². The number of hydrogen-bond acceptors (Lipinski definition) is 2. The molecule has 3 unspecified atom stereocenters. The second-order valence-corrected chi connectivity index (χ2v) is 6.42. The minimum Gasteiger partial charge on any atom is -0.371 e. The Balaban J connectivity index is 1.85. The molecular formula is C16H22N2. The molecule has 0 aromatic heterocycles. The Hall–Kier alpha value is -1.18. The molecule has 1 fully saturated rings. The summed E-state index contributed by atoms with van der Waals surface area (Å²) in [5, 5.41) is 0. The average molecular weight is 242 g/mol.